The van der Waals surface area contributed by atoms with Crippen molar-refractivity contribution in [1.82, 2.24) is 20.2 Å². The number of halogens is 1. The van der Waals surface area contributed by atoms with Crippen molar-refractivity contribution in [3.05, 3.63) is 47.5 Å². The van der Waals surface area contributed by atoms with Gasteiger partial charge in [0.05, 0.1) is 13.2 Å². The molecule has 0 saturated heterocycles. The molecule has 1 aromatic heterocycles. The van der Waals surface area contributed by atoms with Gasteiger partial charge in [0.25, 0.3) is 0 Å². The number of aromatic nitrogens is 2. The van der Waals surface area contributed by atoms with E-state index in [4.69, 9.17) is 4.74 Å². The number of nitrogens with one attached hydrogen (secondary N) is 2. The highest BCUT2D eigenvalue weighted by Crippen LogP contribution is 2.30. The van der Waals surface area contributed by atoms with Crippen LogP contribution in [0.25, 0.3) is 0 Å². The Kier molecular flexibility index (Phi) is 9.26. The minimum atomic E-state index is 0. The second-order valence-electron chi connectivity index (χ2n) is 8.03. The summed E-state index contributed by atoms with van der Waals surface area (Å²) in [6, 6.07) is 6.38. The Morgan fingerprint density at radius 2 is 2.03 bits per heavy atom. The van der Waals surface area contributed by atoms with E-state index < -0.39 is 0 Å². The predicted octanol–water partition coefficient (Wildman–Crippen LogP) is 4.12. The lowest BCUT2D eigenvalue weighted by molar-refractivity contribution is 0.296. The molecule has 0 amide bonds. The molecule has 2 aromatic rings. The molecule has 1 saturated carbocycles. The number of hydrogen-bond acceptors (Lipinski definition) is 3. The van der Waals surface area contributed by atoms with E-state index in [1.807, 2.05) is 12.4 Å². The van der Waals surface area contributed by atoms with Gasteiger partial charge in [-0.1, -0.05) is 26.0 Å². The average Bonchev–Trinajstić information content (AvgIpc) is 3.40. The van der Waals surface area contributed by atoms with Gasteiger partial charge in [-0.3, -0.25) is 4.99 Å². The summed E-state index contributed by atoms with van der Waals surface area (Å²) in [6.07, 6.45) is 6.47. The van der Waals surface area contributed by atoms with Gasteiger partial charge in [-0.2, -0.15) is 0 Å². The van der Waals surface area contributed by atoms with Crippen LogP contribution in [0.3, 0.4) is 0 Å². The van der Waals surface area contributed by atoms with E-state index in [9.17, 15) is 0 Å². The molecule has 1 heterocycles. The Morgan fingerprint density at radius 1 is 1.28 bits per heavy atom. The molecule has 0 atom stereocenters. The van der Waals surface area contributed by atoms with E-state index in [1.54, 1.807) is 7.05 Å². The fourth-order valence-electron chi connectivity index (χ4n) is 3.06. The Balaban J connectivity index is 0.00000300. The number of imidazole rings is 1. The predicted molar refractivity (Wildman–Crippen MR) is 129 cm³/mol. The number of benzene rings is 1. The topological polar surface area (TPSA) is 63.5 Å². The summed E-state index contributed by atoms with van der Waals surface area (Å²) < 4.78 is 8.25. The smallest absolute Gasteiger partial charge is 0.191 e. The minimum absolute atomic E-state index is 0. The minimum Gasteiger partial charge on any atom is -0.493 e. The lowest BCUT2D eigenvalue weighted by atomic mass is 10.1. The van der Waals surface area contributed by atoms with Gasteiger partial charge < -0.3 is 19.9 Å². The van der Waals surface area contributed by atoms with E-state index in [-0.39, 0.29) is 24.0 Å². The first-order valence-electron chi connectivity index (χ1n) is 10.2. The quantitative estimate of drug-likeness (QED) is 0.302. The zero-order valence-electron chi connectivity index (χ0n) is 17.9. The third-order valence-corrected chi connectivity index (χ3v) is 4.84. The van der Waals surface area contributed by atoms with E-state index in [0.29, 0.717) is 19.0 Å². The Morgan fingerprint density at radius 3 is 2.72 bits per heavy atom. The SMILES string of the molecule is CN=C(NCc1ccc(C)cc1OCC1CC1)NCc1nccn1CC(C)C.I. The number of rotatable bonds is 9. The van der Waals surface area contributed by atoms with Gasteiger partial charge in [-0.05, 0) is 43.2 Å². The van der Waals surface area contributed by atoms with Crippen LogP contribution >= 0.6 is 24.0 Å². The highest BCUT2D eigenvalue weighted by molar-refractivity contribution is 14.0. The first kappa shape index (κ1) is 23.5. The molecule has 2 N–H and O–H groups in total. The van der Waals surface area contributed by atoms with Gasteiger partial charge in [-0.15, -0.1) is 24.0 Å². The summed E-state index contributed by atoms with van der Waals surface area (Å²) in [5.41, 5.74) is 2.37. The molecule has 0 spiro atoms. The maximum absolute atomic E-state index is 6.07. The summed E-state index contributed by atoms with van der Waals surface area (Å²) in [7, 11) is 1.79. The third kappa shape index (κ3) is 7.53. The van der Waals surface area contributed by atoms with Crippen LogP contribution in [0.4, 0.5) is 0 Å². The van der Waals surface area contributed by atoms with Crippen LogP contribution in [-0.4, -0.2) is 29.2 Å². The van der Waals surface area contributed by atoms with Crippen molar-refractivity contribution in [3.8, 4) is 5.75 Å². The second kappa shape index (κ2) is 11.4. The molecule has 0 aliphatic heterocycles. The highest BCUT2D eigenvalue weighted by Gasteiger charge is 2.22. The molecule has 0 radical (unpaired) electrons. The van der Waals surface area contributed by atoms with Crippen LogP contribution < -0.4 is 15.4 Å². The molecule has 1 aromatic carbocycles. The Hall–Kier alpha value is -1.77. The first-order chi connectivity index (χ1) is 13.5. The van der Waals surface area contributed by atoms with E-state index >= 15 is 0 Å². The number of hydrogen-bond donors (Lipinski definition) is 2. The lowest BCUT2D eigenvalue weighted by Crippen LogP contribution is -2.37. The monoisotopic (exact) mass is 511 g/mol. The van der Waals surface area contributed by atoms with Crippen molar-refractivity contribution in [2.24, 2.45) is 16.8 Å². The van der Waals surface area contributed by atoms with Crippen LogP contribution in [0.2, 0.25) is 0 Å². The summed E-state index contributed by atoms with van der Waals surface area (Å²) in [5.74, 6) is 4.07. The van der Waals surface area contributed by atoms with Crippen LogP contribution in [-0.2, 0) is 19.6 Å². The number of nitrogens with zero attached hydrogens (tertiary/aromatic N) is 3. The van der Waals surface area contributed by atoms with Crippen molar-refractivity contribution < 1.29 is 4.74 Å². The van der Waals surface area contributed by atoms with Gasteiger partial charge in [0.15, 0.2) is 5.96 Å². The zero-order valence-corrected chi connectivity index (χ0v) is 20.3. The molecular weight excluding hydrogens is 477 g/mol. The summed E-state index contributed by atoms with van der Waals surface area (Å²) >= 11 is 0. The molecule has 1 aliphatic carbocycles. The number of guanidine groups is 1. The average molecular weight is 511 g/mol. The molecule has 160 valence electrons. The Bertz CT molecular complexity index is 798. The normalized spacial score (nSPS) is 13.9. The summed E-state index contributed by atoms with van der Waals surface area (Å²) in [5, 5.41) is 6.75. The second-order valence-corrected chi connectivity index (χ2v) is 8.03. The van der Waals surface area contributed by atoms with E-state index in [0.717, 1.165) is 42.2 Å². The fraction of sp³-hybridized carbons (Fsp3) is 0.545. The van der Waals surface area contributed by atoms with Crippen LogP contribution in [0.5, 0.6) is 5.75 Å². The molecule has 1 aliphatic rings. The number of aryl methyl sites for hydroxylation is 1. The van der Waals surface area contributed by atoms with Crippen LogP contribution in [0.15, 0.2) is 35.6 Å². The van der Waals surface area contributed by atoms with E-state index in [1.165, 1.54) is 18.4 Å². The molecule has 3 rings (SSSR count). The maximum Gasteiger partial charge on any atom is 0.191 e. The van der Waals surface area contributed by atoms with Gasteiger partial charge in [0.2, 0.25) is 0 Å². The number of ether oxygens (including phenoxy) is 1. The van der Waals surface area contributed by atoms with Gasteiger partial charge in [-0.25, -0.2) is 4.98 Å². The van der Waals surface area contributed by atoms with Crippen molar-refractivity contribution in [3.63, 3.8) is 0 Å². The molecule has 7 heteroatoms. The van der Waals surface area contributed by atoms with Crippen molar-refractivity contribution in [2.75, 3.05) is 13.7 Å². The van der Waals surface area contributed by atoms with Gasteiger partial charge in [0, 0.05) is 38.1 Å². The van der Waals surface area contributed by atoms with Crippen LogP contribution in [0, 0.1) is 18.8 Å². The standard InChI is InChI=1S/C22H33N5O.HI/c1-16(2)14-27-10-9-24-21(27)13-26-22(23-4)25-12-19-8-5-17(3)11-20(19)28-15-18-6-7-18;/h5,8-11,16,18H,6-7,12-15H2,1-4H3,(H2,23,25,26);1H. The first-order valence-corrected chi connectivity index (χ1v) is 10.2. The van der Waals surface area contributed by atoms with Gasteiger partial charge >= 0.3 is 0 Å². The fourth-order valence-corrected chi connectivity index (χ4v) is 3.06. The lowest BCUT2D eigenvalue weighted by Gasteiger charge is -2.16. The Labute approximate surface area is 191 Å². The largest absolute Gasteiger partial charge is 0.493 e. The molecule has 0 bridgehead atoms. The van der Waals surface area contributed by atoms with Gasteiger partial charge in [0.1, 0.15) is 11.6 Å². The summed E-state index contributed by atoms with van der Waals surface area (Å²) in [6.45, 7) is 9.61. The molecule has 6 nitrogen and oxygen atoms in total. The van der Waals surface area contributed by atoms with E-state index in [2.05, 4.69) is 64.1 Å². The number of aliphatic imine (C=N–C) groups is 1. The molecule has 29 heavy (non-hydrogen) atoms. The van der Waals surface area contributed by atoms with Crippen LogP contribution in [0.1, 0.15) is 43.6 Å². The highest BCUT2D eigenvalue weighted by atomic mass is 127. The molecular formula is C22H34IN5O. The maximum atomic E-state index is 6.07. The van der Waals surface area contributed by atoms with Crippen molar-refractivity contribution >= 4 is 29.9 Å². The van der Waals surface area contributed by atoms with Crippen molar-refractivity contribution in [1.29, 1.82) is 0 Å². The summed E-state index contributed by atoms with van der Waals surface area (Å²) in [4.78, 5) is 8.80. The van der Waals surface area contributed by atoms with Crippen molar-refractivity contribution in [2.45, 2.75) is 53.2 Å². The molecule has 0 unspecified atom stereocenters. The third-order valence-electron chi connectivity index (χ3n) is 4.84. The molecule has 1 fully saturated rings. The zero-order chi connectivity index (χ0) is 19.9.